The summed E-state index contributed by atoms with van der Waals surface area (Å²) >= 11 is -0.999. The third-order valence-corrected chi connectivity index (χ3v) is 5.40. The predicted molar refractivity (Wildman–Crippen MR) is 97.6 cm³/mol. The third-order valence-electron chi connectivity index (χ3n) is 4.46. The van der Waals surface area contributed by atoms with Crippen molar-refractivity contribution in [3.63, 3.8) is 0 Å². The molecule has 0 radical (unpaired) electrons. The second kappa shape index (κ2) is 8.37. The van der Waals surface area contributed by atoms with Gasteiger partial charge in [0.1, 0.15) is 6.26 Å². The van der Waals surface area contributed by atoms with Gasteiger partial charge in [-0.25, -0.2) is 14.8 Å². The number of carbonyl (C=O) groups is 1. The Morgan fingerprint density at radius 3 is 2.50 bits per heavy atom. The SMILES string of the molecule is C[S+]([O-])c1ccc(-c2cnc(OCC3CCN(C(=O)O)CC3)cn2)cc1. The van der Waals surface area contributed by atoms with E-state index in [4.69, 9.17) is 9.84 Å². The number of hydrogen-bond donors (Lipinski definition) is 1. The summed E-state index contributed by atoms with van der Waals surface area (Å²) in [6.07, 6.45) is 5.62. The maximum atomic E-state index is 11.4. The highest BCUT2D eigenvalue weighted by atomic mass is 32.2. The van der Waals surface area contributed by atoms with Crippen LogP contribution in [-0.4, -0.2) is 56.6 Å². The molecular weight excluding hydrogens is 354 g/mol. The minimum absolute atomic E-state index is 0.328. The van der Waals surface area contributed by atoms with E-state index in [1.165, 1.54) is 4.90 Å². The van der Waals surface area contributed by atoms with Crippen LogP contribution in [0.15, 0.2) is 41.6 Å². The lowest BCUT2D eigenvalue weighted by atomic mass is 9.98. The zero-order chi connectivity index (χ0) is 18.5. The summed E-state index contributed by atoms with van der Waals surface area (Å²) in [5, 5.41) is 8.96. The lowest BCUT2D eigenvalue weighted by Gasteiger charge is -2.29. The molecule has 0 bridgehead atoms. The number of likely N-dealkylation sites (tertiary alicyclic amines) is 1. The third kappa shape index (κ3) is 4.64. The topological polar surface area (TPSA) is 98.6 Å². The molecule has 3 rings (SSSR count). The van der Waals surface area contributed by atoms with Gasteiger partial charge in [0.25, 0.3) is 0 Å². The summed E-state index contributed by atoms with van der Waals surface area (Å²) < 4.78 is 17.1. The van der Waals surface area contributed by atoms with E-state index >= 15 is 0 Å². The average Bonchev–Trinajstić information content (AvgIpc) is 2.67. The molecule has 138 valence electrons. The van der Waals surface area contributed by atoms with Crippen molar-refractivity contribution in [3.05, 3.63) is 36.7 Å². The Morgan fingerprint density at radius 1 is 1.27 bits per heavy atom. The smallest absolute Gasteiger partial charge is 0.407 e. The number of aromatic nitrogens is 2. The molecule has 8 heteroatoms. The van der Waals surface area contributed by atoms with E-state index in [-0.39, 0.29) is 0 Å². The normalized spacial score (nSPS) is 16.3. The molecule has 0 saturated carbocycles. The summed E-state index contributed by atoms with van der Waals surface area (Å²) in [5.74, 6) is 0.787. The number of piperidine rings is 1. The zero-order valence-corrected chi connectivity index (χ0v) is 15.3. The van der Waals surface area contributed by atoms with Gasteiger partial charge >= 0.3 is 6.09 Å². The second-order valence-electron chi connectivity index (χ2n) is 6.24. The Balaban J connectivity index is 1.52. The molecule has 1 aliphatic rings. The Bertz CT molecular complexity index is 729. The van der Waals surface area contributed by atoms with Gasteiger partial charge in [0.2, 0.25) is 5.88 Å². The number of benzene rings is 1. The van der Waals surface area contributed by atoms with Gasteiger partial charge in [0, 0.05) is 18.7 Å². The van der Waals surface area contributed by atoms with Crippen LogP contribution in [0, 0.1) is 5.92 Å². The van der Waals surface area contributed by atoms with Crippen molar-refractivity contribution in [2.75, 3.05) is 26.0 Å². The van der Waals surface area contributed by atoms with Crippen LogP contribution in [0.1, 0.15) is 12.8 Å². The van der Waals surface area contributed by atoms with Gasteiger partial charge in [-0.15, -0.1) is 0 Å². The maximum Gasteiger partial charge on any atom is 0.407 e. The van der Waals surface area contributed by atoms with Crippen LogP contribution >= 0.6 is 0 Å². The van der Waals surface area contributed by atoms with Crippen LogP contribution < -0.4 is 4.74 Å². The van der Waals surface area contributed by atoms with Crippen molar-refractivity contribution in [2.24, 2.45) is 5.92 Å². The van der Waals surface area contributed by atoms with Crippen LogP contribution in [0.4, 0.5) is 4.79 Å². The molecule has 1 saturated heterocycles. The summed E-state index contributed by atoms with van der Waals surface area (Å²) in [7, 11) is 0. The number of carboxylic acid groups (broad SMARTS) is 1. The molecule has 1 amide bonds. The molecule has 1 unspecified atom stereocenters. The van der Waals surface area contributed by atoms with E-state index < -0.39 is 17.3 Å². The molecule has 0 aliphatic carbocycles. The van der Waals surface area contributed by atoms with Gasteiger partial charge in [-0.05, 0) is 54.2 Å². The lowest BCUT2D eigenvalue weighted by Crippen LogP contribution is -2.38. The van der Waals surface area contributed by atoms with E-state index in [1.54, 1.807) is 18.6 Å². The fraction of sp³-hybridized carbons (Fsp3) is 0.389. The molecule has 2 heterocycles. The van der Waals surface area contributed by atoms with Crippen molar-refractivity contribution in [3.8, 4) is 17.1 Å². The number of ether oxygens (including phenoxy) is 1. The number of nitrogens with zero attached hydrogens (tertiary/aromatic N) is 3. The Kier molecular flexibility index (Phi) is 5.95. The standard InChI is InChI=1S/C18H21N3O4S/c1-26(24)15-4-2-14(3-5-15)16-10-20-17(11-19-16)25-12-13-6-8-21(9-7-13)18(22)23/h2-5,10-11,13H,6-9,12H2,1H3,(H,22,23). The zero-order valence-electron chi connectivity index (χ0n) is 14.5. The fourth-order valence-corrected chi connectivity index (χ4v) is 3.37. The minimum Gasteiger partial charge on any atom is -0.612 e. The van der Waals surface area contributed by atoms with Gasteiger partial charge in [0.15, 0.2) is 4.90 Å². The molecule has 1 aromatic heterocycles. The second-order valence-corrected chi connectivity index (χ2v) is 7.62. The van der Waals surface area contributed by atoms with Crippen LogP contribution in [-0.2, 0) is 11.2 Å². The Labute approximate surface area is 155 Å². The molecule has 26 heavy (non-hydrogen) atoms. The molecular formula is C18H21N3O4S. The first-order valence-electron chi connectivity index (χ1n) is 8.39. The average molecular weight is 375 g/mol. The number of amides is 1. The maximum absolute atomic E-state index is 11.4. The molecule has 1 fully saturated rings. The highest BCUT2D eigenvalue weighted by molar-refractivity contribution is 7.90. The first-order valence-corrected chi connectivity index (χ1v) is 9.95. The van der Waals surface area contributed by atoms with E-state index in [0.29, 0.717) is 31.5 Å². The predicted octanol–water partition coefficient (Wildman–Crippen LogP) is 2.65. The van der Waals surface area contributed by atoms with Crippen molar-refractivity contribution >= 4 is 17.3 Å². The first-order chi connectivity index (χ1) is 12.5. The van der Waals surface area contributed by atoms with Crippen LogP contribution in [0.5, 0.6) is 5.88 Å². The molecule has 7 nitrogen and oxygen atoms in total. The number of rotatable bonds is 5. The Hall–Kier alpha value is -2.32. The summed E-state index contributed by atoms with van der Waals surface area (Å²) in [4.78, 5) is 21.8. The lowest BCUT2D eigenvalue weighted by molar-refractivity contribution is 0.111. The van der Waals surface area contributed by atoms with Gasteiger partial charge in [0.05, 0.1) is 24.7 Å². The van der Waals surface area contributed by atoms with Crippen LogP contribution in [0.25, 0.3) is 11.3 Å². The van der Waals surface area contributed by atoms with Gasteiger partial charge in [-0.3, -0.25) is 0 Å². The van der Waals surface area contributed by atoms with Gasteiger partial charge < -0.3 is 19.3 Å². The van der Waals surface area contributed by atoms with Gasteiger partial charge in [-0.1, -0.05) is 0 Å². The molecule has 1 aliphatic heterocycles. The van der Waals surface area contributed by atoms with Crippen molar-refractivity contribution in [1.82, 2.24) is 14.9 Å². The summed E-state index contributed by atoms with van der Waals surface area (Å²) in [6.45, 7) is 1.61. The quantitative estimate of drug-likeness (QED) is 0.807. The van der Waals surface area contributed by atoms with E-state index in [2.05, 4.69) is 9.97 Å². The minimum atomic E-state index is -0.999. The molecule has 0 spiro atoms. The van der Waals surface area contributed by atoms with Crippen molar-refractivity contribution < 1.29 is 19.2 Å². The van der Waals surface area contributed by atoms with Crippen molar-refractivity contribution in [1.29, 1.82) is 0 Å². The highest BCUT2D eigenvalue weighted by Crippen LogP contribution is 2.21. The summed E-state index contributed by atoms with van der Waals surface area (Å²) in [5.41, 5.74) is 1.62. The van der Waals surface area contributed by atoms with Crippen molar-refractivity contribution in [2.45, 2.75) is 17.7 Å². The molecule has 2 aromatic rings. The summed E-state index contributed by atoms with van der Waals surface area (Å²) in [6, 6.07) is 7.39. The van der Waals surface area contributed by atoms with E-state index in [1.807, 2.05) is 24.3 Å². The van der Waals surface area contributed by atoms with Crippen LogP contribution in [0.3, 0.4) is 0 Å². The number of hydrogen-bond acceptors (Lipinski definition) is 5. The molecule has 1 N–H and O–H groups in total. The van der Waals surface area contributed by atoms with E-state index in [0.717, 1.165) is 29.0 Å². The fourth-order valence-electron chi connectivity index (χ4n) is 2.85. The monoisotopic (exact) mass is 375 g/mol. The first kappa shape index (κ1) is 18.5. The Morgan fingerprint density at radius 2 is 1.96 bits per heavy atom. The largest absolute Gasteiger partial charge is 0.612 e. The van der Waals surface area contributed by atoms with E-state index in [9.17, 15) is 9.35 Å². The highest BCUT2D eigenvalue weighted by Gasteiger charge is 2.22. The molecule has 1 atom stereocenters. The van der Waals surface area contributed by atoms with Crippen LogP contribution in [0.2, 0.25) is 0 Å². The van der Waals surface area contributed by atoms with Gasteiger partial charge in [-0.2, -0.15) is 0 Å². The molecule has 1 aromatic carbocycles.